The van der Waals surface area contributed by atoms with Gasteiger partial charge in [-0.2, -0.15) is 0 Å². The quantitative estimate of drug-likeness (QED) is 0.0199. The molecule has 0 aliphatic carbocycles. The van der Waals surface area contributed by atoms with Crippen molar-refractivity contribution in [3.8, 4) is 0 Å². The van der Waals surface area contributed by atoms with Gasteiger partial charge < -0.3 is 100 Å². The van der Waals surface area contributed by atoms with Gasteiger partial charge in [-0.15, -0.1) is 0 Å². The van der Waals surface area contributed by atoms with Crippen LogP contribution in [0.4, 0.5) is 0 Å². The fourth-order valence-corrected chi connectivity index (χ4v) is 14.1. The van der Waals surface area contributed by atoms with Crippen LogP contribution >= 0.6 is 0 Å². The largest absolute Gasteiger partial charge is 0.477 e. The van der Waals surface area contributed by atoms with Gasteiger partial charge in [0.2, 0.25) is 11.8 Å². The molecule has 0 aromatic carbocycles. The molecule has 18 atom stereocenters. The average molecular weight is 1430 g/mol. The molecule has 3 fully saturated rings. The maximum atomic E-state index is 13.5. The zero-order valence-corrected chi connectivity index (χ0v) is 62.1. The lowest BCUT2D eigenvalue weighted by atomic mass is 9.88. The van der Waals surface area contributed by atoms with Crippen LogP contribution in [-0.4, -0.2) is 215 Å². The summed E-state index contributed by atoms with van der Waals surface area (Å²) in [4.78, 5) is 38.7. The molecule has 0 aromatic heterocycles. The smallest absolute Gasteiger partial charge is 0.364 e. The highest BCUT2D eigenvalue weighted by Crippen LogP contribution is 2.39. The summed E-state index contributed by atoms with van der Waals surface area (Å²) in [6.07, 6.45) is 31.0. The van der Waals surface area contributed by atoms with Gasteiger partial charge in [-0.25, -0.2) is 4.79 Å². The molecule has 100 heavy (non-hydrogen) atoms. The Labute approximate surface area is 601 Å². The minimum absolute atomic E-state index is 0.206. The Morgan fingerprint density at radius 1 is 0.520 bits per heavy atom. The average Bonchev–Trinajstić information content (AvgIpc) is 0.766. The highest BCUT2D eigenvalue weighted by Gasteiger charge is 2.60. The van der Waals surface area contributed by atoms with Gasteiger partial charge in [-0.1, -0.05) is 296 Å². The highest BCUT2D eigenvalue weighted by atomic mass is 16.8. The van der Waals surface area contributed by atoms with Crippen molar-refractivity contribution < 1.29 is 104 Å². The zero-order chi connectivity index (χ0) is 73.2. The maximum Gasteiger partial charge on any atom is 0.364 e. The van der Waals surface area contributed by atoms with E-state index in [1.165, 1.54) is 231 Å². The van der Waals surface area contributed by atoms with Gasteiger partial charge in [-0.3, -0.25) is 9.59 Å². The third-order valence-corrected chi connectivity index (χ3v) is 20.5. The summed E-state index contributed by atoms with van der Waals surface area (Å²) in [7, 11) is 0. The molecule has 3 heterocycles. The van der Waals surface area contributed by atoms with Gasteiger partial charge in [0.15, 0.2) is 12.6 Å². The summed E-state index contributed by atoms with van der Waals surface area (Å²) in [5.41, 5.74) is 0. The predicted octanol–water partition coefficient (Wildman–Crippen LogP) is 10.2. The Bertz CT molecular complexity index is 2050. The standard InChI is InChI=1S/C77H144N2O21/c1-4-6-8-10-12-14-16-18-20-22-24-26-28-29-30-32-34-36-38-40-42-44-46-48-50-59(84)58(79-64(87)51-49-47-45-43-41-39-37-35-33-31-27-25-23-21-19-17-15-13-11-9-7-5-2)56-95-74-69(91)68(90)71(63(55-82)97-74)98-75-70(92)73(67(89)62(54-81)96-75)100-77(76(93)94)52-60(85)65(78-57(3)83)72(99-77)66(88)61(86)53-80/h48,50,58-63,65-75,80-82,84-86,88-92H,4-47,49,51-56H2,1-3H3,(H,78,83)(H,79,87)(H,93,94)/b50-48+. The lowest BCUT2D eigenvalue weighted by Gasteiger charge is -2.50. The third-order valence-electron chi connectivity index (χ3n) is 20.5. The molecule has 2 amide bonds. The minimum Gasteiger partial charge on any atom is -0.477 e. The van der Waals surface area contributed by atoms with Crippen molar-refractivity contribution in [3.63, 3.8) is 0 Å². The van der Waals surface area contributed by atoms with E-state index in [0.29, 0.717) is 12.8 Å². The van der Waals surface area contributed by atoms with Gasteiger partial charge >= 0.3 is 5.97 Å². The normalized spacial score (nSPS) is 27.0. The van der Waals surface area contributed by atoms with Crippen molar-refractivity contribution in [1.82, 2.24) is 10.6 Å². The number of aliphatic hydroxyl groups is 11. The van der Waals surface area contributed by atoms with Crippen molar-refractivity contribution in [2.45, 2.75) is 432 Å². The molecule has 3 aliphatic rings. The molecule has 588 valence electrons. The molecule has 18 unspecified atom stereocenters. The fraction of sp³-hybridized carbons (Fsp3) is 0.935. The van der Waals surface area contributed by atoms with Gasteiger partial charge in [0.25, 0.3) is 5.79 Å². The number of rotatable bonds is 63. The molecule has 0 radical (unpaired) electrons. The number of carboxylic acid groups (broad SMARTS) is 1. The van der Waals surface area contributed by atoms with E-state index in [9.17, 15) is 75.7 Å². The number of nitrogens with one attached hydrogen (secondary N) is 2. The molecule has 23 nitrogen and oxygen atoms in total. The number of hydrogen-bond acceptors (Lipinski definition) is 20. The first-order valence-corrected chi connectivity index (χ1v) is 40.1. The van der Waals surface area contributed by atoms with Gasteiger partial charge in [-0.05, 0) is 19.3 Å². The van der Waals surface area contributed by atoms with Gasteiger partial charge in [0, 0.05) is 19.8 Å². The second kappa shape index (κ2) is 56.8. The van der Waals surface area contributed by atoms with Gasteiger partial charge in [0.1, 0.15) is 67.1 Å². The van der Waals surface area contributed by atoms with Crippen LogP contribution in [0.25, 0.3) is 0 Å². The number of carboxylic acids is 1. The molecular weight excluding hydrogens is 1290 g/mol. The Balaban J connectivity index is 1.53. The Kier molecular flexibility index (Phi) is 52.0. The van der Waals surface area contributed by atoms with Crippen LogP contribution in [0.1, 0.15) is 323 Å². The van der Waals surface area contributed by atoms with Crippen LogP contribution in [0.3, 0.4) is 0 Å². The van der Waals surface area contributed by atoms with E-state index in [1.807, 2.05) is 6.08 Å². The van der Waals surface area contributed by atoms with Crippen LogP contribution < -0.4 is 10.6 Å². The lowest BCUT2D eigenvalue weighted by Crippen LogP contribution is -2.70. The summed E-state index contributed by atoms with van der Waals surface area (Å²) in [6, 6.07) is -2.62. The number of ether oxygens (including phenoxy) is 6. The Hall–Kier alpha value is -2.53. The predicted molar refractivity (Wildman–Crippen MR) is 385 cm³/mol. The first kappa shape index (κ1) is 91.7. The molecule has 3 rings (SSSR count). The van der Waals surface area contributed by atoms with E-state index in [2.05, 4.69) is 24.5 Å². The van der Waals surface area contributed by atoms with Crippen molar-refractivity contribution in [2.75, 3.05) is 26.4 Å². The number of aliphatic carboxylic acids is 1. The summed E-state index contributed by atoms with van der Waals surface area (Å²) in [5.74, 6) is -6.13. The van der Waals surface area contributed by atoms with E-state index >= 15 is 0 Å². The van der Waals surface area contributed by atoms with Crippen LogP contribution in [0.15, 0.2) is 12.2 Å². The number of unbranched alkanes of at least 4 members (excludes halogenated alkanes) is 43. The minimum atomic E-state index is -3.08. The molecule has 3 saturated heterocycles. The first-order valence-electron chi connectivity index (χ1n) is 40.1. The fourth-order valence-electron chi connectivity index (χ4n) is 14.1. The van der Waals surface area contributed by atoms with Crippen LogP contribution in [0, 0.1) is 0 Å². The molecule has 0 spiro atoms. The zero-order valence-electron chi connectivity index (χ0n) is 62.1. The van der Waals surface area contributed by atoms with Crippen LogP contribution in [0.2, 0.25) is 0 Å². The summed E-state index contributed by atoms with van der Waals surface area (Å²) in [6.45, 7) is 2.20. The summed E-state index contributed by atoms with van der Waals surface area (Å²) >= 11 is 0. The van der Waals surface area contributed by atoms with E-state index in [-0.39, 0.29) is 12.3 Å². The summed E-state index contributed by atoms with van der Waals surface area (Å²) in [5, 5.41) is 136. The van der Waals surface area contributed by atoms with Gasteiger partial charge in [0.05, 0.1) is 50.7 Å². The molecule has 3 aliphatic heterocycles. The molecule has 0 aromatic rings. The number of hydrogen-bond donors (Lipinski definition) is 14. The molecule has 0 saturated carbocycles. The second-order valence-corrected chi connectivity index (χ2v) is 29.3. The topological polar surface area (TPSA) is 373 Å². The van der Waals surface area contributed by atoms with Crippen LogP contribution in [-0.2, 0) is 42.8 Å². The van der Waals surface area contributed by atoms with E-state index in [1.54, 1.807) is 6.08 Å². The number of amides is 2. The molecule has 14 N–H and O–H groups in total. The first-order chi connectivity index (χ1) is 48.4. The van der Waals surface area contributed by atoms with Crippen molar-refractivity contribution in [1.29, 1.82) is 0 Å². The monoisotopic (exact) mass is 1430 g/mol. The molecule has 0 bridgehead atoms. The SMILES string of the molecule is CCCCCCCCCCCCCCCCCCCCCCCC/C=C/C(O)C(COC1OC(CO)C(OC2OC(CO)C(O)C(OC3(C(=O)O)CC(O)C(NC(C)=O)C(C(O)C(O)CO)O3)C2O)C(O)C1O)NC(=O)CCCCCCCCCCCCCCCCCCCCCCCC. The van der Waals surface area contributed by atoms with Crippen molar-refractivity contribution in [2.24, 2.45) is 0 Å². The van der Waals surface area contributed by atoms with E-state index in [4.69, 9.17) is 28.4 Å². The highest BCUT2D eigenvalue weighted by molar-refractivity contribution is 5.77. The van der Waals surface area contributed by atoms with Crippen LogP contribution in [0.5, 0.6) is 0 Å². The Morgan fingerprint density at radius 2 is 0.930 bits per heavy atom. The number of carbonyl (C=O) groups excluding carboxylic acids is 2. The van der Waals surface area contributed by atoms with E-state index in [0.717, 1.165) is 51.9 Å². The second-order valence-electron chi connectivity index (χ2n) is 29.3. The molecular formula is C77H144N2O21. The van der Waals surface area contributed by atoms with Crippen molar-refractivity contribution >= 4 is 17.8 Å². The number of aliphatic hydroxyl groups excluding tert-OH is 11. The Morgan fingerprint density at radius 3 is 1.33 bits per heavy atom. The molecule has 23 heteroatoms. The van der Waals surface area contributed by atoms with E-state index < -0.39 is 155 Å². The summed E-state index contributed by atoms with van der Waals surface area (Å²) < 4.78 is 34.9. The lowest BCUT2D eigenvalue weighted by molar-refractivity contribution is -0.386. The maximum absolute atomic E-state index is 13.5. The third kappa shape index (κ3) is 37.1. The number of allylic oxidation sites excluding steroid dienone is 1. The number of carbonyl (C=O) groups is 3. The van der Waals surface area contributed by atoms with Crippen molar-refractivity contribution in [3.05, 3.63) is 12.2 Å².